The Morgan fingerprint density at radius 3 is 2.44 bits per heavy atom. The van der Waals surface area contributed by atoms with Crippen molar-refractivity contribution in [3.05, 3.63) is 28.7 Å². The van der Waals surface area contributed by atoms with Gasteiger partial charge in [0, 0.05) is 49.9 Å². The smallest absolute Gasteiger partial charge is 0.281 e. The fourth-order valence-corrected chi connectivity index (χ4v) is 6.76. The number of nitrogens with zero attached hydrogens (tertiary/aromatic N) is 5. The molecule has 32 heavy (non-hydrogen) atoms. The van der Waals surface area contributed by atoms with Crippen LogP contribution in [0.25, 0.3) is 11.0 Å². The SMILES string of the molecule is C[C@@]1(O)CCC[C@H]1n1c(=O)ccc2cnc(NC3CCN(S(=O)(=O)N4CCC4)CC3)nc21. The summed E-state index contributed by atoms with van der Waals surface area (Å²) >= 11 is 0. The van der Waals surface area contributed by atoms with E-state index in [9.17, 15) is 18.3 Å². The first-order chi connectivity index (χ1) is 15.3. The number of piperidine rings is 1. The molecule has 2 saturated heterocycles. The average Bonchev–Trinajstić information content (AvgIpc) is 3.05. The van der Waals surface area contributed by atoms with Crippen LogP contribution in [0.5, 0.6) is 0 Å². The Balaban J connectivity index is 1.35. The summed E-state index contributed by atoms with van der Waals surface area (Å²) in [5.74, 6) is 0.415. The lowest BCUT2D eigenvalue weighted by Crippen LogP contribution is -2.53. The zero-order valence-corrected chi connectivity index (χ0v) is 19.1. The number of nitrogens with one attached hydrogen (secondary N) is 1. The molecule has 2 aliphatic heterocycles. The summed E-state index contributed by atoms with van der Waals surface area (Å²) in [4.78, 5) is 21.8. The van der Waals surface area contributed by atoms with Gasteiger partial charge in [-0.1, -0.05) is 0 Å². The predicted octanol–water partition coefficient (Wildman–Crippen LogP) is 1.09. The highest BCUT2D eigenvalue weighted by Gasteiger charge is 2.39. The highest BCUT2D eigenvalue weighted by molar-refractivity contribution is 7.86. The van der Waals surface area contributed by atoms with Crippen molar-refractivity contribution in [1.82, 2.24) is 23.1 Å². The van der Waals surface area contributed by atoms with Crippen LogP contribution in [0, 0.1) is 0 Å². The van der Waals surface area contributed by atoms with E-state index in [1.165, 1.54) is 10.4 Å². The maximum atomic E-state index is 12.7. The molecule has 0 aromatic carbocycles. The Kier molecular flexibility index (Phi) is 5.47. The summed E-state index contributed by atoms with van der Waals surface area (Å²) in [7, 11) is -3.34. The first kappa shape index (κ1) is 21.7. The van der Waals surface area contributed by atoms with Crippen LogP contribution in [0.15, 0.2) is 23.1 Å². The minimum absolute atomic E-state index is 0.0498. The van der Waals surface area contributed by atoms with Gasteiger partial charge in [-0.25, -0.2) is 4.98 Å². The van der Waals surface area contributed by atoms with Gasteiger partial charge in [-0.3, -0.25) is 9.36 Å². The molecule has 0 amide bonds. The third kappa shape index (κ3) is 3.81. The molecular formula is C21H30N6O4S. The highest BCUT2D eigenvalue weighted by Crippen LogP contribution is 2.39. The van der Waals surface area contributed by atoms with E-state index in [2.05, 4.69) is 15.3 Å². The van der Waals surface area contributed by atoms with Crippen LogP contribution >= 0.6 is 0 Å². The summed E-state index contributed by atoms with van der Waals surface area (Å²) in [6, 6.07) is 2.94. The molecule has 1 aliphatic carbocycles. The molecule has 1 saturated carbocycles. The second-order valence-corrected chi connectivity index (χ2v) is 11.3. The van der Waals surface area contributed by atoms with Gasteiger partial charge in [0.15, 0.2) is 0 Å². The average molecular weight is 463 g/mol. The van der Waals surface area contributed by atoms with E-state index in [1.54, 1.807) is 28.1 Å². The number of hydrogen-bond donors (Lipinski definition) is 2. The first-order valence-corrected chi connectivity index (χ1v) is 12.8. The Labute approximate surface area is 187 Å². The molecule has 2 aromatic heterocycles. The van der Waals surface area contributed by atoms with Crippen molar-refractivity contribution in [2.75, 3.05) is 31.5 Å². The molecule has 0 unspecified atom stereocenters. The number of anilines is 1. The first-order valence-electron chi connectivity index (χ1n) is 11.4. The van der Waals surface area contributed by atoms with Gasteiger partial charge < -0.3 is 10.4 Å². The molecule has 11 heteroatoms. The molecule has 2 aromatic rings. The maximum absolute atomic E-state index is 12.7. The van der Waals surface area contributed by atoms with Crippen LogP contribution in [-0.2, 0) is 10.2 Å². The van der Waals surface area contributed by atoms with Gasteiger partial charge in [-0.05, 0) is 51.5 Å². The van der Waals surface area contributed by atoms with Crippen LogP contribution in [0.1, 0.15) is 51.5 Å². The fraction of sp³-hybridized carbons (Fsp3) is 0.667. The zero-order valence-electron chi connectivity index (χ0n) is 18.3. The normalized spacial score (nSPS) is 28.1. The summed E-state index contributed by atoms with van der Waals surface area (Å²) in [6.07, 6.45) is 6.17. The molecule has 0 radical (unpaired) electrons. The van der Waals surface area contributed by atoms with E-state index < -0.39 is 15.8 Å². The molecule has 0 spiro atoms. The summed E-state index contributed by atoms with van der Waals surface area (Å²) < 4.78 is 29.9. The van der Waals surface area contributed by atoms with Gasteiger partial charge in [-0.15, -0.1) is 0 Å². The monoisotopic (exact) mass is 462 g/mol. The number of hydrogen-bond acceptors (Lipinski definition) is 7. The van der Waals surface area contributed by atoms with E-state index in [0.29, 0.717) is 57.0 Å². The lowest BCUT2D eigenvalue weighted by molar-refractivity contribution is 0.0267. The summed E-state index contributed by atoms with van der Waals surface area (Å²) in [6.45, 7) is 3.92. The predicted molar refractivity (Wildman–Crippen MR) is 121 cm³/mol. The lowest BCUT2D eigenvalue weighted by Gasteiger charge is -2.38. The molecule has 2 N–H and O–H groups in total. The Hall–Kier alpha value is -2.08. The van der Waals surface area contributed by atoms with Crippen LogP contribution in [-0.4, -0.2) is 74.5 Å². The number of aliphatic hydroxyl groups is 1. The van der Waals surface area contributed by atoms with E-state index in [-0.39, 0.29) is 17.6 Å². The minimum Gasteiger partial charge on any atom is -0.388 e. The van der Waals surface area contributed by atoms with Crippen molar-refractivity contribution in [2.45, 2.75) is 63.1 Å². The minimum atomic E-state index is -3.34. The van der Waals surface area contributed by atoms with E-state index >= 15 is 0 Å². The van der Waals surface area contributed by atoms with Crippen molar-refractivity contribution in [2.24, 2.45) is 0 Å². The largest absolute Gasteiger partial charge is 0.388 e. The lowest BCUT2D eigenvalue weighted by atomic mass is 10.00. The third-order valence-electron chi connectivity index (χ3n) is 7.11. The van der Waals surface area contributed by atoms with E-state index in [4.69, 9.17) is 0 Å². The summed E-state index contributed by atoms with van der Waals surface area (Å²) in [5.41, 5.74) is -0.621. The van der Waals surface area contributed by atoms with Crippen LogP contribution in [0.2, 0.25) is 0 Å². The zero-order chi connectivity index (χ0) is 22.5. The van der Waals surface area contributed by atoms with Crippen molar-refractivity contribution in [3.8, 4) is 0 Å². The molecule has 3 aliphatic rings. The third-order valence-corrected chi connectivity index (χ3v) is 9.15. The number of fused-ring (bicyclic) bond motifs is 1. The van der Waals surface area contributed by atoms with E-state index in [1.807, 2.05) is 0 Å². The second kappa shape index (κ2) is 8.05. The van der Waals surface area contributed by atoms with Gasteiger partial charge in [0.1, 0.15) is 5.65 Å². The van der Waals surface area contributed by atoms with Gasteiger partial charge in [0.05, 0.1) is 11.6 Å². The highest BCUT2D eigenvalue weighted by atomic mass is 32.2. The Morgan fingerprint density at radius 1 is 1.09 bits per heavy atom. The van der Waals surface area contributed by atoms with Crippen molar-refractivity contribution < 1.29 is 13.5 Å². The molecular weight excluding hydrogens is 432 g/mol. The number of aromatic nitrogens is 3. The molecule has 0 bridgehead atoms. The number of pyridine rings is 1. The van der Waals surface area contributed by atoms with Gasteiger partial charge in [0.2, 0.25) is 5.95 Å². The molecule has 174 valence electrons. The number of rotatable bonds is 5. The molecule has 2 atom stereocenters. The van der Waals surface area contributed by atoms with Gasteiger partial charge in [0.25, 0.3) is 15.8 Å². The molecule has 3 fully saturated rings. The standard InChI is InChI=1S/C21H30N6O4S/c1-21(29)9-2-4-17(21)27-18(28)6-5-15-14-22-20(24-19(15)27)23-16-7-12-26(13-8-16)32(30,31)25-10-3-11-25/h5-6,14,16-17,29H,2-4,7-13H2,1H3,(H,22,23,24)/t17-,21-/m1/s1. The van der Waals surface area contributed by atoms with Crippen LogP contribution in [0.4, 0.5) is 5.95 Å². The topological polar surface area (TPSA) is 121 Å². The van der Waals surface area contributed by atoms with Crippen molar-refractivity contribution in [3.63, 3.8) is 0 Å². The van der Waals surface area contributed by atoms with Gasteiger partial charge >= 0.3 is 0 Å². The Bertz CT molecular complexity index is 1170. The fourth-order valence-electron chi connectivity index (χ4n) is 5.04. The van der Waals surface area contributed by atoms with Crippen molar-refractivity contribution >= 4 is 27.2 Å². The molecule has 4 heterocycles. The van der Waals surface area contributed by atoms with Gasteiger partial charge in [-0.2, -0.15) is 22.0 Å². The van der Waals surface area contributed by atoms with Crippen LogP contribution in [0.3, 0.4) is 0 Å². The summed E-state index contributed by atoms with van der Waals surface area (Å²) in [5, 5.41) is 14.9. The Morgan fingerprint density at radius 2 is 1.81 bits per heavy atom. The quantitative estimate of drug-likeness (QED) is 0.682. The molecule has 10 nitrogen and oxygen atoms in total. The van der Waals surface area contributed by atoms with Crippen molar-refractivity contribution in [1.29, 1.82) is 0 Å². The van der Waals surface area contributed by atoms with E-state index in [0.717, 1.165) is 24.6 Å². The maximum Gasteiger partial charge on any atom is 0.281 e. The van der Waals surface area contributed by atoms with Crippen LogP contribution < -0.4 is 10.9 Å². The molecule has 5 rings (SSSR count). The second-order valence-electron chi connectivity index (χ2n) is 9.36.